The van der Waals surface area contributed by atoms with Crippen LogP contribution >= 0.6 is 0 Å². The van der Waals surface area contributed by atoms with Crippen LogP contribution in [0.25, 0.3) is 0 Å². The summed E-state index contributed by atoms with van der Waals surface area (Å²) in [5.74, 6) is -1.13. The molecule has 0 aliphatic heterocycles. The van der Waals surface area contributed by atoms with Gasteiger partial charge in [-0.15, -0.1) is 0 Å². The summed E-state index contributed by atoms with van der Waals surface area (Å²) < 4.78 is 36.3. The lowest BCUT2D eigenvalue weighted by molar-refractivity contribution is -0.138. The Kier molecular flexibility index (Phi) is 4.73. The number of hydrogen-bond acceptors (Lipinski definition) is 5. The standard InChI is InChI=1S/C11H15NO6S/c1-7(11(13)14)12-19(15,16)10-8(17-2)5-4-6-9(10)18-3/h4-7,12H,1-3H3,(H,13,14)/t7-/m0/s1. The minimum absolute atomic E-state index is 0.0736. The van der Waals surface area contributed by atoms with E-state index in [2.05, 4.69) is 0 Å². The molecule has 0 heterocycles. The number of sulfonamides is 1. The molecular formula is C11H15NO6S. The molecule has 0 bridgehead atoms. The highest BCUT2D eigenvalue weighted by Crippen LogP contribution is 2.32. The number of nitrogens with one attached hydrogen (secondary N) is 1. The van der Waals surface area contributed by atoms with Crippen molar-refractivity contribution in [1.29, 1.82) is 0 Å². The van der Waals surface area contributed by atoms with Crippen LogP contribution in [0.2, 0.25) is 0 Å². The number of carboxylic acid groups (broad SMARTS) is 1. The third-order valence-corrected chi connectivity index (χ3v) is 3.96. The zero-order chi connectivity index (χ0) is 14.6. The molecule has 19 heavy (non-hydrogen) atoms. The Hall–Kier alpha value is -1.80. The molecule has 0 aliphatic rings. The molecule has 0 spiro atoms. The number of aliphatic carboxylic acids is 1. The second kappa shape index (κ2) is 5.89. The van der Waals surface area contributed by atoms with Crippen LogP contribution in [0.4, 0.5) is 0 Å². The number of rotatable bonds is 6. The van der Waals surface area contributed by atoms with Gasteiger partial charge in [0.05, 0.1) is 14.2 Å². The van der Waals surface area contributed by atoms with Crippen molar-refractivity contribution in [1.82, 2.24) is 4.72 Å². The molecule has 0 unspecified atom stereocenters. The Bertz CT molecular complexity index is 546. The fourth-order valence-corrected chi connectivity index (χ4v) is 2.94. The lowest BCUT2D eigenvalue weighted by atomic mass is 10.3. The number of carboxylic acids is 1. The molecule has 106 valence electrons. The van der Waals surface area contributed by atoms with Crippen molar-refractivity contribution in [2.45, 2.75) is 17.9 Å². The van der Waals surface area contributed by atoms with E-state index in [1.807, 2.05) is 4.72 Å². The molecule has 1 aromatic rings. The first-order valence-corrected chi connectivity index (χ1v) is 6.78. The molecule has 0 amide bonds. The zero-order valence-corrected chi connectivity index (χ0v) is 11.5. The van der Waals surface area contributed by atoms with Crippen LogP contribution in [0.3, 0.4) is 0 Å². The van der Waals surface area contributed by atoms with Crippen LogP contribution in [-0.2, 0) is 14.8 Å². The summed E-state index contributed by atoms with van der Waals surface area (Å²) in [6.45, 7) is 1.22. The van der Waals surface area contributed by atoms with E-state index in [0.717, 1.165) is 0 Å². The lowest BCUT2D eigenvalue weighted by Gasteiger charge is -2.15. The number of ether oxygens (including phenoxy) is 2. The van der Waals surface area contributed by atoms with E-state index < -0.39 is 22.0 Å². The van der Waals surface area contributed by atoms with Gasteiger partial charge in [0.2, 0.25) is 10.0 Å². The van der Waals surface area contributed by atoms with Crippen LogP contribution in [-0.4, -0.2) is 39.8 Å². The minimum Gasteiger partial charge on any atom is -0.495 e. The molecule has 1 atom stereocenters. The van der Waals surface area contributed by atoms with E-state index in [1.54, 1.807) is 6.07 Å². The van der Waals surface area contributed by atoms with E-state index in [1.165, 1.54) is 33.3 Å². The van der Waals surface area contributed by atoms with E-state index in [0.29, 0.717) is 0 Å². The molecule has 0 aliphatic carbocycles. The highest BCUT2D eigenvalue weighted by Gasteiger charge is 2.28. The van der Waals surface area contributed by atoms with E-state index >= 15 is 0 Å². The quantitative estimate of drug-likeness (QED) is 0.788. The van der Waals surface area contributed by atoms with Crippen LogP contribution in [0, 0.1) is 0 Å². The van der Waals surface area contributed by atoms with Crippen molar-refractivity contribution >= 4 is 16.0 Å². The average molecular weight is 289 g/mol. The Morgan fingerprint density at radius 1 is 1.26 bits per heavy atom. The van der Waals surface area contributed by atoms with Crippen molar-refractivity contribution in [3.63, 3.8) is 0 Å². The van der Waals surface area contributed by atoms with Crippen LogP contribution in [0.15, 0.2) is 23.1 Å². The van der Waals surface area contributed by atoms with Crippen molar-refractivity contribution in [3.8, 4) is 11.5 Å². The number of methoxy groups -OCH3 is 2. The lowest BCUT2D eigenvalue weighted by Crippen LogP contribution is -2.38. The third kappa shape index (κ3) is 3.36. The molecular weight excluding hydrogens is 274 g/mol. The van der Waals surface area contributed by atoms with Crippen molar-refractivity contribution in [2.75, 3.05) is 14.2 Å². The van der Waals surface area contributed by atoms with Crippen LogP contribution in [0.5, 0.6) is 11.5 Å². The van der Waals surface area contributed by atoms with Gasteiger partial charge >= 0.3 is 5.97 Å². The Morgan fingerprint density at radius 2 is 1.74 bits per heavy atom. The molecule has 0 aromatic heterocycles. The molecule has 1 aromatic carbocycles. The summed E-state index contributed by atoms with van der Waals surface area (Å²) in [7, 11) is -1.44. The molecule has 1 rings (SSSR count). The predicted molar refractivity (Wildman–Crippen MR) is 67.0 cm³/mol. The van der Waals surface area contributed by atoms with Gasteiger partial charge in [0.15, 0.2) is 4.90 Å². The van der Waals surface area contributed by atoms with Gasteiger partial charge in [-0.25, -0.2) is 8.42 Å². The number of hydrogen-bond donors (Lipinski definition) is 2. The second-order valence-electron chi connectivity index (χ2n) is 3.67. The normalized spacial score (nSPS) is 12.8. The molecule has 0 saturated heterocycles. The molecule has 2 N–H and O–H groups in total. The first-order chi connectivity index (χ1) is 8.83. The topological polar surface area (TPSA) is 102 Å². The monoisotopic (exact) mass is 289 g/mol. The Morgan fingerprint density at radius 3 is 2.11 bits per heavy atom. The molecule has 0 saturated carbocycles. The SMILES string of the molecule is COc1cccc(OC)c1S(=O)(=O)N[C@@H](C)C(=O)O. The third-order valence-electron chi connectivity index (χ3n) is 2.35. The van der Waals surface area contributed by atoms with E-state index in [-0.39, 0.29) is 16.4 Å². The summed E-state index contributed by atoms with van der Waals surface area (Å²) in [5.41, 5.74) is 0. The van der Waals surface area contributed by atoms with Gasteiger partial charge < -0.3 is 14.6 Å². The average Bonchev–Trinajstić information content (AvgIpc) is 2.36. The molecule has 0 radical (unpaired) electrons. The predicted octanol–water partition coefficient (Wildman–Crippen LogP) is 0.455. The van der Waals surface area contributed by atoms with Crippen molar-refractivity contribution in [2.24, 2.45) is 0 Å². The minimum atomic E-state index is -4.07. The van der Waals surface area contributed by atoms with Gasteiger partial charge in [0, 0.05) is 0 Å². The summed E-state index contributed by atoms with van der Waals surface area (Å²) in [4.78, 5) is 10.5. The second-order valence-corrected chi connectivity index (χ2v) is 5.32. The number of benzene rings is 1. The maximum Gasteiger partial charge on any atom is 0.321 e. The van der Waals surface area contributed by atoms with Gasteiger partial charge in [-0.05, 0) is 19.1 Å². The zero-order valence-electron chi connectivity index (χ0n) is 10.7. The smallest absolute Gasteiger partial charge is 0.321 e. The largest absolute Gasteiger partial charge is 0.495 e. The van der Waals surface area contributed by atoms with Gasteiger partial charge in [-0.1, -0.05) is 6.07 Å². The highest BCUT2D eigenvalue weighted by atomic mass is 32.2. The van der Waals surface area contributed by atoms with Crippen LogP contribution in [0.1, 0.15) is 6.92 Å². The summed E-state index contributed by atoms with van der Waals surface area (Å²) >= 11 is 0. The number of carbonyl (C=O) groups is 1. The highest BCUT2D eigenvalue weighted by molar-refractivity contribution is 7.89. The molecule has 8 heteroatoms. The summed E-state index contributed by atoms with van der Waals surface area (Å²) in [5, 5.41) is 8.76. The van der Waals surface area contributed by atoms with E-state index in [4.69, 9.17) is 14.6 Å². The molecule has 0 fully saturated rings. The maximum absolute atomic E-state index is 12.2. The molecule has 7 nitrogen and oxygen atoms in total. The summed E-state index contributed by atoms with van der Waals surface area (Å²) in [6, 6.07) is 3.20. The maximum atomic E-state index is 12.2. The first kappa shape index (κ1) is 15.3. The van der Waals surface area contributed by atoms with Gasteiger partial charge in [0.25, 0.3) is 0 Å². The van der Waals surface area contributed by atoms with Crippen molar-refractivity contribution in [3.05, 3.63) is 18.2 Å². The van der Waals surface area contributed by atoms with Gasteiger partial charge in [-0.3, -0.25) is 4.79 Å². The van der Waals surface area contributed by atoms with Crippen LogP contribution < -0.4 is 14.2 Å². The van der Waals surface area contributed by atoms with E-state index in [9.17, 15) is 13.2 Å². The first-order valence-electron chi connectivity index (χ1n) is 5.29. The Labute approximate surface area is 111 Å². The van der Waals surface area contributed by atoms with Crippen molar-refractivity contribution < 1.29 is 27.8 Å². The Balaban J connectivity index is 3.31. The fraction of sp³-hybridized carbons (Fsp3) is 0.364. The van der Waals surface area contributed by atoms with Gasteiger partial charge in [-0.2, -0.15) is 4.72 Å². The van der Waals surface area contributed by atoms with Gasteiger partial charge in [0.1, 0.15) is 17.5 Å². The fourth-order valence-electron chi connectivity index (χ4n) is 1.42. The summed E-state index contributed by atoms with van der Waals surface area (Å²) in [6.07, 6.45) is 0.